The maximum Gasteiger partial charge on any atom is 0.361 e. The summed E-state index contributed by atoms with van der Waals surface area (Å²) in [6, 6.07) is 0. The fraction of sp³-hybridized carbons (Fsp3) is 0.467. The first-order valence-electron chi connectivity index (χ1n) is 38.1. The number of likely N-dealkylation sites (N-methyl/N-ethyl adjacent to an activating group) is 1. The number of unbranched alkanes of at least 4 members (excludes halogenated alkanes) is 5. The second kappa shape index (κ2) is 78.0. The first-order valence-corrected chi connectivity index (χ1v) is 38.1. The van der Waals surface area contributed by atoms with Crippen molar-refractivity contribution in [3.63, 3.8) is 0 Å². The van der Waals surface area contributed by atoms with Crippen molar-refractivity contribution in [1.29, 1.82) is 0 Å². The molecule has 0 aromatic heterocycles. The molecule has 101 heavy (non-hydrogen) atoms. The van der Waals surface area contributed by atoms with Crippen LogP contribution < -0.4 is 0 Å². The molecule has 0 aliphatic carbocycles. The van der Waals surface area contributed by atoms with E-state index in [2.05, 4.69) is 293 Å². The largest absolute Gasteiger partial charge is 0.477 e. The minimum Gasteiger partial charge on any atom is -0.477 e. The van der Waals surface area contributed by atoms with E-state index in [-0.39, 0.29) is 32.7 Å². The van der Waals surface area contributed by atoms with E-state index >= 15 is 0 Å². The van der Waals surface area contributed by atoms with Gasteiger partial charge in [0.15, 0.2) is 6.10 Å². The fourth-order valence-electron chi connectivity index (χ4n) is 8.94. The summed E-state index contributed by atoms with van der Waals surface area (Å²) in [5, 5.41) is 9.76. The molecule has 1 N–H and O–H groups in total. The molecule has 2 atom stereocenters. The number of hydrogen-bond donors (Lipinski definition) is 1. The quantitative estimate of drug-likeness (QED) is 0.0211. The summed E-state index contributed by atoms with van der Waals surface area (Å²) in [5.74, 6) is -2.15. The second-order valence-electron chi connectivity index (χ2n) is 25.1. The minimum absolute atomic E-state index is 0.157. The number of carbonyl (C=O) groups excluding carboxylic acids is 2. The van der Waals surface area contributed by atoms with Gasteiger partial charge in [0.05, 0.1) is 34.4 Å². The number of esters is 2. The highest BCUT2D eigenvalue weighted by atomic mass is 16.7. The molecule has 0 radical (unpaired) electrons. The van der Waals surface area contributed by atoms with E-state index in [4.69, 9.17) is 18.9 Å². The molecule has 0 bridgehead atoms. The Morgan fingerprint density at radius 2 is 0.535 bits per heavy atom. The highest BCUT2D eigenvalue weighted by Gasteiger charge is 2.25. The van der Waals surface area contributed by atoms with Gasteiger partial charge in [0.2, 0.25) is 0 Å². The Bertz CT molecular complexity index is 2720. The standard InChI is InChI=1S/C92H135NO8/c1-6-8-10-12-14-16-18-20-22-24-26-28-30-32-34-36-38-40-42-44-45-47-49-51-53-55-57-59-61-63-65-67-69-71-73-75-77-79-81-83-90(95)101-88(87-100-92(91(96)97)98-85-84-93(3,4)5)86-99-89(94)82-80-78-76-74-72-70-68-66-64-62-60-58-56-54-52-50-48-46-43-41-39-37-35-33-31-29-27-25-23-21-19-17-15-13-11-9-7-2/h8-11,14-17,20-23,26-29,32-35,38-41,44-46,48-49,51-52,54-55,57-58,60-61,63-64,66-67,69-70,72-73,75,88,92H,6-7,12-13,18-19,24-25,30-31,36-37,42-43,47,50,53,56,59,62,65,68,71,74,76-87H2,1-5H3/p+1/b10-8-,11-9-,16-14-,17-15-,22-20-,23-21-,28-26-,29-27-,34-32-,35-33-,40-38-,41-39-,45-44-,48-46-,51-49-,54-52-,57-55-,60-58-,63-61-,66-64-,69-67-,72-70-,75-73-. The molecule has 0 aliphatic rings. The zero-order chi connectivity index (χ0) is 73.2. The van der Waals surface area contributed by atoms with Gasteiger partial charge >= 0.3 is 17.9 Å². The Balaban J connectivity index is 4.35. The van der Waals surface area contributed by atoms with Crippen LogP contribution in [-0.4, -0.2) is 87.4 Å². The molecule has 556 valence electrons. The summed E-state index contributed by atoms with van der Waals surface area (Å²) in [6.07, 6.45) is 128. The van der Waals surface area contributed by atoms with Crippen molar-refractivity contribution in [2.75, 3.05) is 47.5 Å². The van der Waals surface area contributed by atoms with Crippen LogP contribution in [0.1, 0.15) is 219 Å². The zero-order valence-electron chi connectivity index (χ0n) is 63.4. The molecule has 9 heteroatoms. The summed E-state index contributed by atoms with van der Waals surface area (Å²) < 4.78 is 22.9. The average Bonchev–Trinajstić information content (AvgIpc) is 1.21. The maximum absolute atomic E-state index is 13.0. The number of rotatable bonds is 66. The number of ether oxygens (including phenoxy) is 4. The van der Waals surface area contributed by atoms with Crippen molar-refractivity contribution in [2.45, 2.75) is 232 Å². The molecule has 0 aromatic carbocycles. The van der Waals surface area contributed by atoms with Crippen molar-refractivity contribution < 1.29 is 42.9 Å². The van der Waals surface area contributed by atoms with Crippen molar-refractivity contribution >= 4 is 17.9 Å². The average molecular weight is 1380 g/mol. The van der Waals surface area contributed by atoms with Gasteiger partial charge in [-0.15, -0.1) is 0 Å². The van der Waals surface area contributed by atoms with Gasteiger partial charge in [0.25, 0.3) is 6.29 Å². The first-order chi connectivity index (χ1) is 49.6. The molecule has 0 aliphatic heterocycles. The third kappa shape index (κ3) is 79.5. The number of carboxylic acids is 1. The highest BCUT2D eigenvalue weighted by molar-refractivity contribution is 5.71. The van der Waals surface area contributed by atoms with E-state index in [0.29, 0.717) is 23.9 Å². The van der Waals surface area contributed by atoms with Crippen LogP contribution in [0.25, 0.3) is 0 Å². The van der Waals surface area contributed by atoms with Gasteiger partial charge in [-0.3, -0.25) is 9.59 Å². The molecule has 0 fully saturated rings. The molecule has 0 saturated heterocycles. The molecule has 2 unspecified atom stereocenters. The summed E-state index contributed by atoms with van der Waals surface area (Å²) in [4.78, 5) is 37.7. The Morgan fingerprint density at radius 1 is 0.297 bits per heavy atom. The number of carboxylic acid groups (broad SMARTS) is 1. The van der Waals surface area contributed by atoms with Crippen LogP contribution in [0, 0.1) is 0 Å². The van der Waals surface area contributed by atoms with Gasteiger partial charge in [-0.05, 0) is 186 Å². The van der Waals surface area contributed by atoms with Crippen LogP contribution in [0.4, 0.5) is 0 Å². The lowest BCUT2D eigenvalue weighted by atomic mass is 10.1. The molecule has 9 nitrogen and oxygen atoms in total. The Morgan fingerprint density at radius 3 is 0.792 bits per heavy atom. The van der Waals surface area contributed by atoms with Gasteiger partial charge < -0.3 is 28.5 Å². The van der Waals surface area contributed by atoms with E-state index < -0.39 is 30.3 Å². The zero-order valence-corrected chi connectivity index (χ0v) is 63.4. The maximum atomic E-state index is 13.0. The fourth-order valence-corrected chi connectivity index (χ4v) is 8.94. The number of quaternary nitrogens is 1. The van der Waals surface area contributed by atoms with Crippen LogP contribution in [0.3, 0.4) is 0 Å². The van der Waals surface area contributed by atoms with Crippen LogP contribution in [0.2, 0.25) is 0 Å². The number of hydrogen-bond acceptors (Lipinski definition) is 7. The van der Waals surface area contributed by atoms with E-state index in [9.17, 15) is 19.5 Å². The first kappa shape index (κ1) is 93.3. The van der Waals surface area contributed by atoms with Crippen LogP contribution in [-0.2, 0) is 33.3 Å². The molecule has 0 rings (SSSR count). The molecular weight excluding hydrogens is 1250 g/mol. The molecule has 0 saturated carbocycles. The Hall–Kier alpha value is -7.69. The minimum atomic E-state index is -1.55. The van der Waals surface area contributed by atoms with Gasteiger partial charge in [0, 0.05) is 12.8 Å². The lowest BCUT2D eigenvalue weighted by molar-refractivity contribution is -0.870. The predicted molar refractivity (Wildman–Crippen MR) is 436 cm³/mol. The number of aliphatic carboxylic acids is 1. The highest BCUT2D eigenvalue weighted by Crippen LogP contribution is 2.11. The van der Waals surface area contributed by atoms with Crippen molar-refractivity contribution in [1.82, 2.24) is 0 Å². The molecule has 0 heterocycles. The van der Waals surface area contributed by atoms with E-state index in [1.54, 1.807) is 0 Å². The molecule has 0 amide bonds. The predicted octanol–water partition coefficient (Wildman–Crippen LogP) is 24.9. The molecular formula is C92H136NO8+. The van der Waals surface area contributed by atoms with E-state index in [1.165, 1.54) is 0 Å². The molecule has 0 aromatic rings. The van der Waals surface area contributed by atoms with Crippen molar-refractivity contribution in [3.05, 3.63) is 279 Å². The van der Waals surface area contributed by atoms with Crippen molar-refractivity contribution in [3.8, 4) is 0 Å². The third-order valence-electron chi connectivity index (χ3n) is 14.7. The Kier molecular flexibility index (Phi) is 72.1. The van der Waals surface area contributed by atoms with E-state index in [0.717, 1.165) is 180 Å². The van der Waals surface area contributed by atoms with Gasteiger partial charge in [-0.1, -0.05) is 300 Å². The van der Waals surface area contributed by atoms with Gasteiger partial charge in [-0.2, -0.15) is 0 Å². The van der Waals surface area contributed by atoms with Gasteiger partial charge in [0.1, 0.15) is 13.2 Å². The molecule has 0 spiro atoms. The Labute approximate surface area is 616 Å². The third-order valence-corrected chi connectivity index (χ3v) is 14.7. The van der Waals surface area contributed by atoms with Crippen LogP contribution >= 0.6 is 0 Å². The summed E-state index contributed by atoms with van der Waals surface area (Å²) >= 11 is 0. The summed E-state index contributed by atoms with van der Waals surface area (Å²) in [7, 11) is 5.93. The summed E-state index contributed by atoms with van der Waals surface area (Å²) in [6.45, 7) is 4.51. The number of carbonyl (C=O) groups is 3. The number of nitrogens with zero attached hydrogens (tertiary/aromatic N) is 1. The SMILES string of the molecule is CC/C=C\C/C=C\C/C=C\C/C=C\C/C=C\C/C=C\C/C=C\C/C=C\C/C=C\C/C=C\C/C=C\C/C=C\CCCCC(=O)OC(COC(=O)CCCCC/C=C\C/C=C\C/C=C\C/C=C\C/C=C\C/C=C\C/C=C\C/C=C\C/C=C\C/C=C\C/C=C\CC)COC(OCC[N+](C)(C)C)C(=O)O. The van der Waals surface area contributed by atoms with Crippen LogP contribution in [0.5, 0.6) is 0 Å². The second-order valence-corrected chi connectivity index (χ2v) is 25.1. The van der Waals surface area contributed by atoms with Gasteiger partial charge in [-0.25, -0.2) is 4.79 Å². The lowest BCUT2D eigenvalue weighted by Crippen LogP contribution is -2.40. The monoisotopic (exact) mass is 1380 g/mol. The lowest BCUT2D eigenvalue weighted by Gasteiger charge is -2.25. The van der Waals surface area contributed by atoms with Crippen molar-refractivity contribution in [2.24, 2.45) is 0 Å². The van der Waals surface area contributed by atoms with Crippen LogP contribution in [0.15, 0.2) is 279 Å². The summed E-state index contributed by atoms with van der Waals surface area (Å²) in [5.41, 5.74) is 0. The topological polar surface area (TPSA) is 108 Å². The normalized spacial score (nSPS) is 14.3. The smallest absolute Gasteiger partial charge is 0.361 e. The number of allylic oxidation sites excluding steroid dienone is 46. The van der Waals surface area contributed by atoms with E-state index in [1.807, 2.05) is 21.1 Å².